The standard InChI is InChI=1S/C14H14FN3O3/c15-8-11(19)9-18-7-6-12(17-14(18)21)16-13(20)10-4-2-1-3-5-10/h1-7,11,19H,8-9H2,(H,16,17,20,21). The average molecular weight is 291 g/mol. The summed E-state index contributed by atoms with van der Waals surface area (Å²) in [5.41, 5.74) is -0.232. The van der Waals surface area contributed by atoms with E-state index in [1.807, 2.05) is 0 Å². The number of amides is 1. The average Bonchev–Trinajstić information content (AvgIpc) is 2.50. The van der Waals surface area contributed by atoms with Gasteiger partial charge in [0, 0.05) is 11.8 Å². The largest absolute Gasteiger partial charge is 0.389 e. The fourth-order valence-corrected chi connectivity index (χ4v) is 1.69. The predicted molar refractivity (Wildman–Crippen MR) is 74.9 cm³/mol. The van der Waals surface area contributed by atoms with Crippen LogP contribution in [0.25, 0.3) is 0 Å². The van der Waals surface area contributed by atoms with E-state index in [1.54, 1.807) is 30.3 Å². The molecule has 2 N–H and O–H groups in total. The van der Waals surface area contributed by atoms with Crippen LogP contribution in [0.15, 0.2) is 47.4 Å². The second-order valence-corrected chi connectivity index (χ2v) is 4.38. The van der Waals surface area contributed by atoms with Crippen molar-refractivity contribution in [2.24, 2.45) is 0 Å². The molecule has 0 bridgehead atoms. The SMILES string of the molecule is O=C(Nc1ccn(CC(O)CF)c(=O)n1)c1ccccc1. The van der Waals surface area contributed by atoms with Gasteiger partial charge in [-0.05, 0) is 18.2 Å². The van der Waals surface area contributed by atoms with Crippen molar-refractivity contribution < 1.29 is 14.3 Å². The number of alkyl halides is 1. The first kappa shape index (κ1) is 14.9. The number of aliphatic hydroxyl groups is 1. The molecule has 1 unspecified atom stereocenters. The smallest absolute Gasteiger partial charge is 0.349 e. The van der Waals surface area contributed by atoms with Gasteiger partial charge in [-0.3, -0.25) is 9.36 Å². The van der Waals surface area contributed by atoms with Gasteiger partial charge in [0.2, 0.25) is 0 Å². The van der Waals surface area contributed by atoms with Crippen LogP contribution in [-0.4, -0.2) is 33.3 Å². The molecule has 1 aromatic heterocycles. The number of aromatic nitrogens is 2. The van der Waals surface area contributed by atoms with Gasteiger partial charge in [-0.2, -0.15) is 4.98 Å². The normalized spacial score (nSPS) is 11.9. The summed E-state index contributed by atoms with van der Waals surface area (Å²) in [6.07, 6.45) is 0.0868. The Bertz CT molecular complexity index is 673. The van der Waals surface area contributed by atoms with Gasteiger partial charge in [0.05, 0.1) is 6.54 Å². The lowest BCUT2D eigenvalue weighted by atomic mass is 10.2. The van der Waals surface area contributed by atoms with Crippen LogP contribution >= 0.6 is 0 Å². The van der Waals surface area contributed by atoms with Gasteiger partial charge < -0.3 is 10.4 Å². The molecule has 2 rings (SSSR count). The minimum atomic E-state index is -1.26. The highest BCUT2D eigenvalue weighted by molar-refractivity contribution is 6.03. The number of carbonyl (C=O) groups is 1. The summed E-state index contributed by atoms with van der Waals surface area (Å²) in [7, 11) is 0. The quantitative estimate of drug-likeness (QED) is 0.854. The molecule has 1 atom stereocenters. The molecule has 6 nitrogen and oxygen atoms in total. The van der Waals surface area contributed by atoms with Gasteiger partial charge in [0.1, 0.15) is 18.6 Å². The molecule has 0 fully saturated rings. The van der Waals surface area contributed by atoms with Crippen molar-refractivity contribution in [3.8, 4) is 0 Å². The molecule has 0 aliphatic carbocycles. The molecular formula is C14H14FN3O3. The minimum Gasteiger partial charge on any atom is -0.389 e. The fourth-order valence-electron chi connectivity index (χ4n) is 1.69. The van der Waals surface area contributed by atoms with Gasteiger partial charge in [-0.25, -0.2) is 9.18 Å². The van der Waals surface area contributed by atoms with E-state index in [-0.39, 0.29) is 18.3 Å². The van der Waals surface area contributed by atoms with Gasteiger partial charge >= 0.3 is 5.69 Å². The summed E-state index contributed by atoms with van der Waals surface area (Å²) in [5, 5.41) is 11.7. The van der Waals surface area contributed by atoms with Crippen LogP contribution in [0.5, 0.6) is 0 Å². The maximum Gasteiger partial charge on any atom is 0.349 e. The van der Waals surface area contributed by atoms with E-state index in [0.717, 1.165) is 4.57 Å². The Balaban J connectivity index is 2.10. The number of carbonyl (C=O) groups excluding carboxylic acids is 1. The number of rotatable bonds is 5. The zero-order valence-electron chi connectivity index (χ0n) is 11.1. The van der Waals surface area contributed by atoms with Crippen molar-refractivity contribution in [1.82, 2.24) is 9.55 Å². The third kappa shape index (κ3) is 3.96. The zero-order valence-corrected chi connectivity index (χ0v) is 11.1. The third-order valence-electron chi connectivity index (χ3n) is 2.74. The zero-order chi connectivity index (χ0) is 15.2. The Morgan fingerprint density at radius 3 is 2.67 bits per heavy atom. The Morgan fingerprint density at radius 2 is 2.05 bits per heavy atom. The molecule has 0 radical (unpaired) electrons. The van der Waals surface area contributed by atoms with Crippen LogP contribution in [0.3, 0.4) is 0 Å². The number of aliphatic hydroxyl groups excluding tert-OH is 1. The Morgan fingerprint density at radius 1 is 1.33 bits per heavy atom. The van der Waals surface area contributed by atoms with Crippen molar-refractivity contribution in [3.05, 3.63) is 58.6 Å². The van der Waals surface area contributed by atoms with Gasteiger partial charge in [-0.1, -0.05) is 18.2 Å². The van der Waals surface area contributed by atoms with Gasteiger partial charge in [0.15, 0.2) is 0 Å². The van der Waals surface area contributed by atoms with Crippen LogP contribution in [0.1, 0.15) is 10.4 Å². The Labute approximate surface area is 119 Å². The maximum atomic E-state index is 12.2. The van der Waals surface area contributed by atoms with Gasteiger partial charge in [0.25, 0.3) is 5.91 Å². The monoisotopic (exact) mass is 291 g/mol. The van der Waals surface area contributed by atoms with Crippen molar-refractivity contribution in [2.75, 3.05) is 12.0 Å². The van der Waals surface area contributed by atoms with Crippen molar-refractivity contribution in [1.29, 1.82) is 0 Å². The van der Waals surface area contributed by atoms with Crippen LogP contribution in [0, 0.1) is 0 Å². The van der Waals surface area contributed by atoms with E-state index in [2.05, 4.69) is 10.3 Å². The fraction of sp³-hybridized carbons (Fsp3) is 0.214. The van der Waals surface area contributed by atoms with Crippen LogP contribution < -0.4 is 11.0 Å². The van der Waals surface area contributed by atoms with Crippen LogP contribution in [-0.2, 0) is 6.54 Å². The molecule has 1 heterocycles. The maximum absolute atomic E-state index is 12.2. The molecule has 21 heavy (non-hydrogen) atoms. The number of halogens is 1. The molecule has 0 saturated heterocycles. The first-order valence-corrected chi connectivity index (χ1v) is 6.28. The molecule has 1 aromatic carbocycles. The molecule has 0 aliphatic rings. The summed E-state index contributed by atoms with van der Waals surface area (Å²) in [5.74, 6) is -0.288. The van der Waals surface area contributed by atoms with E-state index in [9.17, 15) is 14.0 Å². The molecule has 0 aliphatic heterocycles. The van der Waals surface area contributed by atoms with E-state index >= 15 is 0 Å². The number of nitrogens with one attached hydrogen (secondary N) is 1. The predicted octanol–water partition coefficient (Wildman–Crippen LogP) is 0.826. The number of nitrogens with zero attached hydrogens (tertiary/aromatic N) is 2. The highest BCUT2D eigenvalue weighted by Crippen LogP contribution is 2.04. The van der Waals surface area contributed by atoms with E-state index in [4.69, 9.17) is 5.11 Å². The summed E-state index contributed by atoms with van der Waals surface area (Å²) >= 11 is 0. The van der Waals surface area contributed by atoms with Crippen molar-refractivity contribution in [2.45, 2.75) is 12.6 Å². The molecule has 0 saturated carbocycles. The van der Waals surface area contributed by atoms with Crippen LogP contribution in [0.2, 0.25) is 0 Å². The first-order chi connectivity index (χ1) is 10.1. The molecule has 1 amide bonds. The number of hydrogen-bond donors (Lipinski definition) is 2. The minimum absolute atomic E-state index is 0.0971. The molecule has 0 spiro atoms. The van der Waals surface area contributed by atoms with E-state index < -0.39 is 18.5 Å². The second kappa shape index (κ2) is 6.76. The second-order valence-electron chi connectivity index (χ2n) is 4.38. The van der Waals surface area contributed by atoms with Crippen molar-refractivity contribution in [3.63, 3.8) is 0 Å². The third-order valence-corrected chi connectivity index (χ3v) is 2.74. The van der Waals surface area contributed by atoms with E-state index in [0.29, 0.717) is 5.56 Å². The Kier molecular flexibility index (Phi) is 4.78. The molecular weight excluding hydrogens is 277 g/mol. The lowest BCUT2D eigenvalue weighted by Gasteiger charge is -2.09. The number of hydrogen-bond acceptors (Lipinski definition) is 4. The summed E-state index contributed by atoms with van der Waals surface area (Å²) < 4.78 is 13.3. The summed E-state index contributed by atoms with van der Waals surface area (Å²) in [6.45, 7) is -1.13. The Hall–Kier alpha value is -2.54. The lowest BCUT2D eigenvalue weighted by Crippen LogP contribution is -2.30. The highest BCUT2D eigenvalue weighted by atomic mass is 19.1. The van der Waals surface area contributed by atoms with E-state index in [1.165, 1.54) is 12.3 Å². The van der Waals surface area contributed by atoms with Crippen LogP contribution in [0.4, 0.5) is 10.2 Å². The highest BCUT2D eigenvalue weighted by Gasteiger charge is 2.09. The summed E-state index contributed by atoms with van der Waals surface area (Å²) in [4.78, 5) is 27.2. The topological polar surface area (TPSA) is 84.2 Å². The lowest BCUT2D eigenvalue weighted by molar-refractivity contribution is 0.102. The van der Waals surface area contributed by atoms with Crippen molar-refractivity contribution >= 4 is 11.7 Å². The first-order valence-electron chi connectivity index (χ1n) is 6.28. The molecule has 7 heteroatoms. The number of anilines is 1. The summed E-state index contributed by atoms with van der Waals surface area (Å²) in [6, 6.07) is 9.90. The van der Waals surface area contributed by atoms with Gasteiger partial charge in [-0.15, -0.1) is 0 Å². The molecule has 2 aromatic rings. The molecule has 110 valence electrons. The number of benzene rings is 1.